The quantitative estimate of drug-likeness (QED) is 0.285. The zero-order valence-electron chi connectivity index (χ0n) is 22.4. The maximum absolute atomic E-state index is 9.83. The highest BCUT2D eigenvalue weighted by molar-refractivity contribution is 6.36. The van der Waals surface area contributed by atoms with Crippen LogP contribution in [-0.4, -0.2) is 47.1 Å². The number of hydrogen-bond donors (Lipinski definition) is 2. The SMILES string of the molecule is BC(Nc1cc(Cl)c2ncc(C#N)c(NCC(C)(C)C)c2c1)(c1cn(CC2CCO2)nn1)c1ccccc1Cl. The Morgan fingerprint density at radius 3 is 2.64 bits per heavy atom. The average molecular weight is 562 g/mol. The summed E-state index contributed by atoms with van der Waals surface area (Å²) in [6.07, 6.45) is 4.64. The highest BCUT2D eigenvalue weighted by Gasteiger charge is 2.34. The summed E-state index contributed by atoms with van der Waals surface area (Å²) in [6.45, 7) is 8.49. The average Bonchev–Trinajstić information content (AvgIpc) is 3.34. The minimum atomic E-state index is -0.854. The van der Waals surface area contributed by atoms with Gasteiger partial charge in [-0.25, -0.2) is 4.68 Å². The first-order valence-corrected chi connectivity index (χ1v) is 13.6. The van der Waals surface area contributed by atoms with E-state index in [9.17, 15) is 5.26 Å². The zero-order valence-corrected chi connectivity index (χ0v) is 23.9. The number of nitrogens with zero attached hydrogens (tertiary/aromatic N) is 5. The summed E-state index contributed by atoms with van der Waals surface area (Å²) < 4.78 is 7.39. The van der Waals surface area contributed by atoms with E-state index in [1.165, 1.54) is 0 Å². The molecule has 8 nitrogen and oxygen atoms in total. The Morgan fingerprint density at radius 2 is 1.97 bits per heavy atom. The van der Waals surface area contributed by atoms with Crippen LogP contribution in [0.5, 0.6) is 0 Å². The smallest absolute Gasteiger partial charge is 0.148 e. The van der Waals surface area contributed by atoms with Crippen molar-refractivity contribution in [3.05, 3.63) is 75.7 Å². The molecule has 1 aliphatic rings. The molecular formula is C28H30BCl2N7O. The van der Waals surface area contributed by atoms with E-state index in [-0.39, 0.29) is 11.5 Å². The van der Waals surface area contributed by atoms with Gasteiger partial charge in [0.05, 0.1) is 46.1 Å². The number of benzene rings is 2. The molecule has 0 radical (unpaired) electrons. The third kappa shape index (κ3) is 5.69. The Kier molecular flexibility index (Phi) is 7.47. The van der Waals surface area contributed by atoms with Crippen molar-refractivity contribution in [1.82, 2.24) is 20.0 Å². The summed E-state index contributed by atoms with van der Waals surface area (Å²) >= 11 is 13.5. The van der Waals surface area contributed by atoms with E-state index in [1.54, 1.807) is 10.9 Å². The van der Waals surface area contributed by atoms with Crippen molar-refractivity contribution in [3.63, 3.8) is 0 Å². The molecule has 0 bridgehead atoms. The van der Waals surface area contributed by atoms with E-state index < -0.39 is 5.44 Å². The Morgan fingerprint density at radius 1 is 1.21 bits per heavy atom. The lowest BCUT2D eigenvalue weighted by atomic mass is 9.69. The number of halogens is 2. The number of hydrogen-bond acceptors (Lipinski definition) is 7. The van der Waals surface area contributed by atoms with Crippen LogP contribution in [0.3, 0.4) is 0 Å². The van der Waals surface area contributed by atoms with Crippen molar-refractivity contribution in [2.24, 2.45) is 5.41 Å². The lowest BCUT2D eigenvalue weighted by Crippen LogP contribution is -2.38. The maximum Gasteiger partial charge on any atom is 0.148 e. The summed E-state index contributed by atoms with van der Waals surface area (Å²) in [6, 6.07) is 13.7. The molecule has 3 heterocycles. The van der Waals surface area contributed by atoms with Crippen LogP contribution in [0.25, 0.3) is 10.9 Å². The molecule has 2 atom stereocenters. The predicted octanol–water partition coefficient (Wildman–Crippen LogP) is 5.20. The molecule has 0 spiro atoms. The van der Waals surface area contributed by atoms with Gasteiger partial charge in [-0.1, -0.05) is 67.4 Å². The van der Waals surface area contributed by atoms with Crippen molar-refractivity contribution >= 4 is 53.3 Å². The Bertz CT molecular complexity index is 1560. The Labute approximate surface area is 239 Å². The van der Waals surface area contributed by atoms with Crippen molar-refractivity contribution in [3.8, 4) is 6.07 Å². The van der Waals surface area contributed by atoms with E-state index in [4.69, 9.17) is 27.9 Å². The standard InChI is InChI=1S/C28H30BCl2N7O/c1-27(2,3)16-34-25-17(12-32)13-33-26-20(25)10-18(11-23(26)31)35-28(29,21-6-4-5-7-22(21)30)24-15-38(37-36-24)14-19-8-9-39-19/h4-7,10-11,13,15,19,35H,8-9,14,16,29H2,1-3H3,(H,33,34). The monoisotopic (exact) mass is 561 g/mol. The van der Waals surface area contributed by atoms with Crippen molar-refractivity contribution in [1.29, 1.82) is 5.26 Å². The van der Waals surface area contributed by atoms with Crippen LogP contribution in [0, 0.1) is 16.7 Å². The van der Waals surface area contributed by atoms with E-state index in [0.717, 1.165) is 29.7 Å². The normalized spacial score (nSPS) is 16.8. The van der Waals surface area contributed by atoms with Crippen LogP contribution in [-0.2, 0) is 16.7 Å². The van der Waals surface area contributed by atoms with Crippen LogP contribution in [0.15, 0.2) is 48.8 Å². The van der Waals surface area contributed by atoms with Gasteiger partial charge in [0.1, 0.15) is 19.6 Å². The zero-order chi connectivity index (χ0) is 27.8. The molecule has 2 aromatic heterocycles. The molecule has 5 rings (SSSR count). The van der Waals surface area contributed by atoms with Gasteiger partial charge in [-0.3, -0.25) is 4.98 Å². The molecule has 0 saturated carbocycles. The molecule has 200 valence electrons. The predicted molar refractivity (Wildman–Crippen MR) is 158 cm³/mol. The molecular weight excluding hydrogens is 532 g/mol. The molecule has 0 aliphatic carbocycles. The molecule has 11 heteroatoms. The van der Waals surface area contributed by atoms with Crippen molar-refractivity contribution in [2.45, 2.75) is 45.3 Å². The lowest BCUT2D eigenvalue weighted by Gasteiger charge is -2.32. The largest absolute Gasteiger partial charge is 0.383 e. The van der Waals surface area contributed by atoms with Crippen molar-refractivity contribution < 1.29 is 4.74 Å². The summed E-state index contributed by atoms with van der Waals surface area (Å²) in [5.41, 5.74) is 3.18. The molecule has 39 heavy (non-hydrogen) atoms. The van der Waals surface area contributed by atoms with Gasteiger partial charge in [0.2, 0.25) is 0 Å². The number of nitriles is 1. The lowest BCUT2D eigenvalue weighted by molar-refractivity contribution is -0.0611. The van der Waals surface area contributed by atoms with Gasteiger partial charge in [-0.05, 0) is 35.6 Å². The highest BCUT2D eigenvalue weighted by Crippen LogP contribution is 2.38. The first-order chi connectivity index (χ1) is 18.6. The molecule has 1 fully saturated rings. The van der Waals surface area contributed by atoms with Gasteiger partial charge in [-0.2, -0.15) is 5.26 Å². The van der Waals surface area contributed by atoms with Gasteiger partial charge in [0.25, 0.3) is 0 Å². The second-order valence-corrected chi connectivity index (χ2v) is 12.1. The molecule has 2 unspecified atom stereocenters. The number of aromatic nitrogens is 4. The molecule has 4 aromatic rings. The first kappa shape index (κ1) is 27.3. The fraction of sp³-hybridized carbons (Fsp3) is 0.357. The number of pyridine rings is 1. The minimum absolute atomic E-state index is 0.000945. The number of nitrogens with one attached hydrogen (secondary N) is 2. The van der Waals surface area contributed by atoms with E-state index in [2.05, 4.69) is 52.8 Å². The van der Waals surface area contributed by atoms with E-state index in [1.807, 2.05) is 50.4 Å². The topological polar surface area (TPSA) is 101 Å². The van der Waals surface area contributed by atoms with Gasteiger partial charge < -0.3 is 15.4 Å². The number of fused-ring (bicyclic) bond motifs is 1. The minimum Gasteiger partial charge on any atom is -0.383 e. The van der Waals surface area contributed by atoms with Gasteiger partial charge in [0.15, 0.2) is 0 Å². The van der Waals surface area contributed by atoms with E-state index >= 15 is 0 Å². The second kappa shape index (κ2) is 10.7. The molecule has 0 amide bonds. The van der Waals surface area contributed by atoms with E-state index in [0.29, 0.717) is 45.6 Å². The third-order valence-corrected chi connectivity index (χ3v) is 7.50. The second-order valence-electron chi connectivity index (χ2n) is 11.3. The number of anilines is 2. The molecule has 1 saturated heterocycles. The summed E-state index contributed by atoms with van der Waals surface area (Å²) in [5.74, 6) is 0. The fourth-order valence-corrected chi connectivity index (χ4v) is 5.23. The molecule has 2 aromatic carbocycles. The fourth-order valence-electron chi connectivity index (χ4n) is 4.64. The highest BCUT2D eigenvalue weighted by atomic mass is 35.5. The third-order valence-electron chi connectivity index (χ3n) is 6.88. The van der Waals surface area contributed by atoms with Crippen LogP contribution < -0.4 is 10.6 Å². The molecule has 2 N–H and O–H groups in total. The molecule has 1 aliphatic heterocycles. The van der Waals surface area contributed by atoms with Gasteiger partial charge in [0, 0.05) is 35.4 Å². The summed E-state index contributed by atoms with van der Waals surface area (Å²) in [5, 5.41) is 27.6. The van der Waals surface area contributed by atoms with Gasteiger partial charge >= 0.3 is 0 Å². The van der Waals surface area contributed by atoms with Crippen LogP contribution in [0.1, 0.15) is 44.0 Å². The van der Waals surface area contributed by atoms with Crippen LogP contribution in [0.4, 0.5) is 11.4 Å². The van der Waals surface area contributed by atoms with Crippen LogP contribution in [0.2, 0.25) is 10.0 Å². The summed E-state index contributed by atoms with van der Waals surface area (Å²) in [4.78, 5) is 4.49. The van der Waals surface area contributed by atoms with Crippen LogP contribution >= 0.6 is 23.2 Å². The number of ether oxygens (including phenoxy) is 1. The van der Waals surface area contributed by atoms with Crippen molar-refractivity contribution in [2.75, 3.05) is 23.8 Å². The Hall–Kier alpha value is -3.32. The summed E-state index contributed by atoms with van der Waals surface area (Å²) in [7, 11) is 2.02. The maximum atomic E-state index is 9.83. The number of rotatable bonds is 8. The Balaban J connectivity index is 1.60. The first-order valence-electron chi connectivity index (χ1n) is 12.9. The van der Waals surface area contributed by atoms with Gasteiger partial charge in [-0.15, -0.1) is 5.10 Å².